The van der Waals surface area contributed by atoms with Crippen LogP contribution in [0, 0.1) is 0 Å². The van der Waals surface area contributed by atoms with Crippen LogP contribution in [0.15, 0.2) is 4.99 Å². The molecule has 0 saturated carbocycles. The Balaban J connectivity index is 0.00000420. The van der Waals surface area contributed by atoms with Crippen LogP contribution in [0.5, 0.6) is 0 Å². The van der Waals surface area contributed by atoms with Gasteiger partial charge in [0.1, 0.15) is 6.04 Å². The van der Waals surface area contributed by atoms with Crippen molar-refractivity contribution < 1.29 is 13.2 Å². The highest BCUT2D eigenvalue weighted by molar-refractivity contribution is 14.0. The normalized spacial score (nSPS) is 21.7. The summed E-state index contributed by atoms with van der Waals surface area (Å²) in [7, 11) is 1.74. The van der Waals surface area contributed by atoms with E-state index in [1.54, 1.807) is 7.05 Å². The minimum Gasteiger partial charge on any atom is -0.356 e. The van der Waals surface area contributed by atoms with Crippen LogP contribution in [0.4, 0.5) is 13.2 Å². The van der Waals surface area contributed by atoms with Gasteiger partial charge < -0.3 is 20.0 Å². The molecule has 0 bridgehead atoms. The quantitative estimate of drug-likeness (QED) is 0.235. The van der Waals surface area contributed by atoms with Gasteiger partial charge in [0.05, 0.1) is 0 Å². The molecule has 2 saturated heterocycles. The SMILES string of the molecule is CCN1CCN(CCCCNC(=NC)N2CCN(C(C)C(F)(F)F)CC2)CC1.I. The van der Waals surface area contributed by atoms with Crippen LogP contribution in [0.25, 0.3) is 0 Å². The second-order valence-corrected chi connectivity index (χ2v) is 7.70. The number of nitrogens with one attached hydrogen (secondary N) is 1. The number of piperazine rings is 2. The highest BCUT2D eigenvalue weighted by Gasteiger charge is 2.41. The average Bonchev–Trinajstić information content (AvgIpc) is 2.70. The number of halogens is 4. The van der Waals surface area contributed by atoms with Gasteiger partial charge in [-0.3, -0.25) is 9.89 Å². The first kappa shape index (κ1) is 26.7. The maximum atomic E-state index is 12.9. The third-order valence-electron chi connectivity index (χ3n) is 5.94. The van der Waals surface area contributed by atoms with Gasteiger partial charge in [-0.2, -0.15) is 13.2 Å². The number of hydrogen-bond donors (Lipinski definition) is 1. The highest BCUT2D eigenvalue weighted by atomic mass is 127. The number of hydrogen-bond acceptors (Lipinski definition) is 4. The molecule has 1 atom stereocenters. The molecule has 2 heterocycles. The third-order valence-corrected chi connectivity index (χ3v) is 5.94. The predicted molar refractivity (Wildman–Crippen MR) is 123 cm³/mol. The van der Waals surface area contributed by atoms with Crippen LogP contribution >= 0.6 is 24.0 Å². The molecule has 0 amide bonds. The summed E-state index contributed by atoms with van der Waals surface area (Å²) >= 11 is 0. The Hall–Kier alpha value is -0.330. The minimum atomic E-state index is -4.16. The second kappa shape index (κ2) is 13.2. The van der Waals surface area contributed by atoms with Crippen LogP contribution in [0.2, 0.25) is 0 Å². The molecular formula is C19H38F3IN6. The minimum absolute atomic E-state index is 0. The molecule has 0 aromatic rings. The van der Waals surface area contributed by atoms with E-state index in [4.69, 9.17) is 0 Å². The van der Waals surface area contributed by atoms with Crippen molar-refractivity contribution in [3.8, 4) is 0 Å². The van der Waals surface area contributed by atoms with Crippen molar-refractivity contribution in [3.05, 3.63) is 0 Å². The molecule has 1 unspecified atom stereocenters. The number of unbranched alkanes of at least 4 members (excludes halogenated alkanes) is 1. The first-order valence-corrected chi connectivity index (χ1v) is 10.6. The van der Waals surface area contributed by atoms with Gasteiger partial charge in [-0.05, 0) is 32.9 Å². The number of rotatable bonds is 7. The molecule has 2 aliphatic heterocycles. The maximum Gasteiger partial charge on any atom is 0.403 e. The zero-order valence-electron chi connectivity index (χ0n) is 18.0. The fraction of sp³-hybridized carbons (Fsp3) is 0.947. The van der Waals surface area contributed by atoms with Gasteiger partial charge in [-0.1, -0.05) is 6.92 Å². The van der Waals surface area contributed by atoms with Crippen molar-refractivity contribution in [2.45, 2.75) is 38.9 Å². The molecule has 1 N–H and O–H groups in total. The lowest BCUT2D eigenvalue weighted by atomic mass is 10.2. The molecule has 0 aromatic carbocycles. The average molecular weight is 534 g/mol. The molecule has 29 heavy (non-hydrogen) atoms. The van der Waals surface area contributed by atoms with Crippen molar-refractivity contribution in [1.82, 2.24) is 24.9 Å². The topological polar surface area (TPSA) is 37.4 Å². The van der Waals surface area contributed by atoms with E-state index in [0.717, 1.165) is 51.5 Å². The molecule has 2 fully saturated rings. The summed E-state index contributed by atoms with van der Waals surface area (Å²) in [5.74, 6) is 0.802. The van der Waals surface area contributed by atoms with Crippen LogP contribution in [-0.4, -0.2) is 117 Å². The van der Waals surface area contributed by atoms with E-state index in [0.29, 0.717) is 26.2 Å². The van der Waals surface area contributed by atoms with Gasteiger partial charge in [-0.25, -0.2) is 0 Å². The summed E-state index contributed by atoms with van der Waals surface area (Å²) in [6.07, 6.45) is -1.95. The smallest absolute Gasteiger partial charge is 0.356 e. The monoisotopic (exact) mass is 534 g/mol. The van der Waals surface area contributed by atoms with Crippen molar-refractivity contribution in [2.75, 3.05) is 79.0 Å². The standard InChI is InChI=1S/C19H37F3N6.HI/c1-4-25-9-11-26(12-10-25)8-6-5-7-24-18(23-3)28-15-13-27(14-16-28)17(2)19(20,21)22;/h17H,4-16H2,1-3H3,(H,23,24);1H. The zero-order valence-corrected chi connectivity index (χ0v) is 20.4. The largest absolute Gasteiger partial charge is 0.403 e. The number of likely N-dealkylation sites (N-methyl/N-ethyl adjacent to an activating group) is 1. The van der Waals surface area contributed by atoms with Gasteiger partial charge in [0.15, 0.2) is 5.96 Å². The van der Waals surface area contributed by atoms with Crippen molar-refractivity contribution in [3.63, 3.8) is 0 Å². The molecule has 172 valence electrons. The Morgan fingerprint density at radius 2 is 1.55 bits per heavy atom. The van der Waals surface area contributed by atoms with Crippen LogP contribution < -0.4 is 5.32 Å². The molecule has 6 nitrogen and oxygen atoms in total. The van der Waals surface area contributed by atoms with Gasteiger partial charge >= 0.3 is 6.18 Å². The lowest BCUT2D eigenvalue weighted by Crippen LogP contribution is -2.56. The molecule has 0 radical (unpaired) electrons. The molecule has 2 aliphatic rings. The van der Waals surface area contributed by atoms with Crippen molar-refractivity contribution in [1.29, 1.82) is 0 Å². The molecule has 10 heteroatoms. The lowest BCUT2D eigenvalue weighted by Gasteiger charge is -2.39. The summed E-state index contributed by atoms with van der Waals surface area (Å²) in [6.45, 7) is 13.2. The Labute approximate surface area is 190 Å². The Bertz CT molecular complexity index is 475. The summed E-state index contributed by atoms with van der Waals surface area (Å²) in [5.41, 5.74) is 0. The van der Waals surface area contributed by atoms with Gasteiger partial charge in [0.25, 0.3) is 0 Å². The van der Waals surface area contributed by atoms with E-state index in [9.17, 15) is 13.2 Å². The van der Waals surface area contributed by atoms with E-state index in [1.165, 1.54) is 24.9 Å². The highest BCUT2D eigenvalue weighted by Crippen LogP contribution is 2.25. The Morgan fingerprint density at radius 3 is 2.07 bits per heavy atom. The van der Waals surface area contributed by atoms with E-state index in [-0.39, 0.29) is 24.0 Å². The number of alkyl halides is 3. The van der Waals surface area contributed by atoms with E-state index < -0.39 is 12.2 Å². The van der Waals surface area contributed by atoms with E-state index >= 15 is 0 Å². The molecule has 0 aromatic heterocycles. The Kier molecular flexibility index (Phi) is 12.1. The van der Waals surface area contributed by atoms with Crippen molar-refractivity contribution in [2.24, 2.45) is 4.99 Å². The second-order valence-electron chi connectivity index (χ2n) is 7.70. The van der Waals surface area contributed by atoms with Crippen LogP contribution in [0.3, 0.4) is 0 Å². The first-order valence-electron chi connectivity index (χ1n) is 10.6. The molecule has 0 spiro atoms. The third kappa shape index (κ3) is 8.74. The number of aliphatic imine (C=N–C) groups is 1. The predicted octanol–water partition coefficient (Wildman–Crippen LogP) is 2.17. The lowest BCUT2D eigenvalue weighted by molar-refractivity contribution is -0.181. The number of nitrogens with zero attached hydrogens (tertiary/aromatic N) is 5. The van der Waals surface area contributed by atoms with Crippen molar-refractivity contribution >= 4 is 29.9 Å². The van der Waals surface area contributed by atoms with E-state index in [2.05, 4.69) is 31.9 Å². The van der Waals surface area contributed by atoms with Gasteiger partial charge in [0, 0.05) is 66.0 Å². The first-order chi connectivity index (χ1) is 13.3. The van der Waals surface area contributed by atoms with Crippen LogP contribution in [0.1, 0.15) is 26.7 Å². The van der Waals surface area contributed by atoms with Gasteiger partial charge in [-0.15, -0.1) is 24.0 Å². The van der Waals surface area contributed by atoms with Gasteiger partial charge in [0.2, 0.25) is 0 Å². The Morgan fingerprint density at radius 1 is 0.966 bits per heavy atom. The molecule has 2 rings (SSSR count). The molecular weight excluding hydrogens is 496 g/mol. The fourth-order valence-electron chi connectivity index (χ4n) is 3.85. The van der Waals surface area contributed by atoms with E-state index in [1.807, 2.05) is 0 Å². The summed E-state index contributed by atoms with van der Waals surface area (Å²) < 4.78 is 38.6. The van der Waals surface area contributed by atoms with Crippen LogP contribution in [-0.2, 0) is 0 Å². The zero-order chi connectivity index (χ0) is 20.6. The summed E-state index contributed by atoms with van der Waals surface area (Å²) in [6, 6.07) is -1.39. The summed E-state index contributed by atoms with van der Waals surface area (Å²) in [4.78, 5) is 12.9. The number of guanidine groups is 1. The fourth-order valence-corrected chi connectivity index (χ4v) is 3.85. The maximum absolute atomic E-state index is 12.9. The molecule has 0 aliphatic carbocycles. The summed E-state index contributed by atoms with van der Waals surface area (Å²) in [5, 5.41) is 3.38.